The van der Waals surface area contributed by atoms with Gasteiger partial charge in [0.2, 0.25) is 0 Å². The number of amides is 2. The van der Waals surface area contributed by atoms with Gasteiger partial charge in [0.25, 0.3) is 0 Å². The zero-order valence-corrected chi connectivity index (χ0v) is 11.8. The zero-order valence-electron chi connectivity index (χ0n) is 11.8. The fourth-order valence-electron chi connectivity index (χ4n) is 2.53. The van der Waals surface area contributed by atoms with Crippen LogP contribution in [0, 0.1) is 17.6 Å². The van der Waals surface area contributed by atoms with Crippen LogP contribution in [0.15, 0.2) is 18.2 Å². The molecule has 1 aliphatic rings. The van der Waals surface area contributed by atoms with E-state index in [9.17, 15) is 18.4 Å². The Labute approximate surface area is 121 Å². The van der Waals surface area contributed by atoms with Crippen molar-refractivity contribution in [1.29, 1.82) is 0 Å². The summed E-state index contributed by atoms with van der Waals surface area (Å²) in [6, 6.07) is 2.71. The van der Waals surface area contributed by atoms with Crippen LogP contribution < -0.4 is 10.6 Å². The minimum atomic E-state index is -0.946. The van der Waals surface area contributed by atoms with E-state index in [-0.39, 0.29) is 11.7 Å². The van der Waals surface area contributed by atoms with Gasteiger partial charge in [0, 0.05) is 12.1 Å². The molecule has 0 radical (unpaired) electrons. The van der Waals surface area contributed by atoms with Gasteiger partial charge in [-0.1, -0.05) is 19.8 Å². The second-order valence-corrected chi connectivity index (χ2v) is 5.42. The first-order valence-corrected chi connectivity index (χ1v) is 7.04. The third-order valence-electron chi connectivity index (χ3n) is 3.81. The Morgan fingerprint density at radius 1 is 1.14 bits per heavy atom. The molecular weight excluding hydrogens is 278 g/mol. The van der Waals surface area contributed by atoms with Gasteiger partial charge in [0.1, 0.15) is 11.6 Å². The van der Waals surface area contributed by atoms with E-state index >= 15 is 0 Å². The van der Waals surface area contributed by atoms with Gasteiger partial charge in [-0.3, -0.25) is 9.59 Å². The minimum absolute atomic E-state index is 0.0323. The summed E-state index contributed by atoms with van der Waals surface area (Å²) in [5.74, 6) is -3.08. The molecule has 2 amide bonds. The van der Waals surface area contributed by atoms with E-state index < -0.39 is 23.4 Å². The van der Waals surface area contributed by atoms with E-state index in [0.29, 0.717) is 12.0 Å². The lowest BCUT2D eigenvalue weighted by Gasteiger charge is -2.29. The summed E-state index contributed by atoms with van der Waals surface area (Å²) >= 11 is 0. The maximum Gasteiger partial charge on any atom is 0.313 e. The molecular formula is C15H18F2N2O2. The van der Waals surface area contributed by atoms with Crippen LogP contribution in [0.4, 0.5) is 14.5 Å². The van der Waals surface area contributed by atoms with Crippen molar-refractivity contribution >= 4 is 17.5 Å². The average molecular weight is 296 g/mol. The Hall–Kier alpha value is -1.98. The molecule has 6 heteroatoms. The molecule has 0 heterocycles. The van der Waals surface area contributed by atoms with E-state index in [0.717, 1.165) is 37.8 Å². The van der Waals surface area contributed by atoms with Gasteiger partial charge < -0.3 is 10.6 Å². The quantitative estimate of drug-likeness (QED) is 0.824. The van der Waals surface area contributed by atoms with Crippen LogP contribution in [0.25, 0.3) is 0 Å². The normalized spacial score (nSPS) is 21.7. The van der Waals surface area contributed by atoms with E-state index in [4.69, 9.17) is 0 Å². The summed E-state index contributed by atoms with van der Waals surface area (Å²) in [7, 11) is 0. The standard InChI is InChI=1S/C15H18F2N2O2/c1-9-4-2-3-5-12(9)18-14(20)15(21)19-13-7-6-10(16)8-11(13)17/h6-9,12H,2-5H2,1H3,(H,18,20)(H,19,21)/t9-,12-/m0/s1. The molecule has 0 bridgehead atoms. The predicted molar refractivity (Wildman–Crippen MR) is 74.6 cm³/mol. The monoisotopic (exact) mass is 296 g/mol. The molecule has 1 aromatic rings. The number of rotatable bonds is 2. The molecule has 0 saturated heterocycles. The molecule has 0 unspecified atom stereocenters. The van der Waals surface area contributed by atoms with Crippen LogP contribution >= 0.6 is 0 Å². The van der Waals surface area contributed by atoms with E-state index in [1.807, 2.05) is 6.92 Å². The van der Waals surface area contributed by atoms with Gasteiger partial charge in [0.15, 0.2) is 0 Å². The maximum atomic E-state index is 13.4. The number of benzene rings is 1. The van der Waals surface area contributed by atoms with Crippen molar-refractivity contribution in [3.8, 4) is 0 Å². The van der Waals surface area contributed by atoms with Crippen molar-refractivity contribution in [3.05, 3.63) is 29.8 Å². The second kappa shape index (κ2) is 6.65. The third kappa shape index (κ3) is 4.00. The van der Waals surface area contributed by atoms with Crippen molar-refractivity contribution in [1.82, 2.24) is 5.32 Å². The summed E-state index contributed by atoms with van der Waals surface area (Å²) < 4.78 is 26.2. The maximum absolute atomic E-state index is 13.4. The van der Waals surface area contributed by atoms with Gasteiger partial charge in [-0.05, 0) is 30.9 Å². The first kappa shape index (κ1) is 15.4. The third-order valence-corrected chi connectivity index (χ3v) is 3.81. The van der Waals surface area contributed by atoms with Crippen molar-refractivity contribution < 1.29 is 18.4 Å². The number of anilines is 1. The minimum Gasteiger partial charge on any atom is -0.345 e. The Balaban J connectivity index is 1.94. The fraction of sp³-hybridized carbons (Fsp3) is 0.467. The Kier molecular flexibility index (Phi) is 4.88. The van der Waals surface area contributed by atoms with Crippen molar-refractivity contribution in [2.45, 2.75) is 38.6 Å². The summed E-state index contributed by atoms with van der Waals surface area (Å²) in [5.41, 5.74) is -0.215. The highest BCUT2D eigenvalue weighted by atomic mass is 19.1. The molecule has 114 valence electrons. The molecule has 1 fully saturated rings. The average Bonchev–Trinajstić information content (AvgIpc) is 2.44. The van der Waals surface area contributed by atoms with E-state index in [1.165, 1.54) is 0 Å². The highest BCUT2D eigenvalue weighted by Crippen LogP contribution is 2.23. The summed E-state index contributed by atoms with van der Waals surface area (Å²) in [6.45, 7) is 2.03. The van der Waals surface area contributed by atoms with E-state index in [2.05, 4.69) is 10.6 Å². The molecule has 1 aromatic carbocycles. The zero-order chi connectivity index (χ0) is 15.4. The number of nitrogens with one attached hydrogen (secondary N) is 2. The van der Waals surface area contributed by atoms with Gasteiger partial charge in [0.05, 0.1) is 5.69 Å². The predicted octanol–water partition coefficient (Wildman–Crippen LogP) is 2.60. The molecule has 21 heavy (non-hydrogen) atoms. The Morgan fingerprint density at radius 2 is 1.86 bits per heavy atom. The van der Waals surface area contributed by atoms with Gasteiger partial charge in [-0.15, -0.1) is 0 Å². The molecule has 1 aliphatic carbocycles. The summed E-state index contributed by atoms with van der Waals surface area (Å²) in [4.78, 5) is 23.6. The molecule has 0 aliphatic heterocycles. The highest BCUT2D eigenvalue weighted by molar-refractivity contribution is 6.39. The van der Waals surface area contributed by atoms with Crippen LogP contribution in [0.2, 0.25) is 0 Å². The van der Waals surface area contributed by atoms with Gasteiger partial charge in [-0.25, -0.2) is 8.78 Å². The first-order chi connectivity index (χ1) is 9.97. The molecule has 4 nitrogen and oxygen atoms in total. The van der Waals surface area contributed by atoms with Gasteiger partial charge >= 0.3 is 11.8 Å². The van der Waals surface area contributed by atoms with E-state index in [1.54, 1.807) is 0 Å². The summed E-state index contributed by atoms with van der Waals surface area (Å²) in [6.07, 6.45) is 3.99. The van der Waals surface area contributed by atoms with Crippen molar-refractivity contribution in [2.24, 2.45) is 5.92 Å². The number of halogens is 2. The second-order valence-electron chi connectivity index (χ2n) is 5.42. The van der Waals surface area contributed by atoms with Crippen LogP contribution in [0.3, 0.4) is 0 Å². The summed E-state index contributed by atoms with van der Waals surface area (Å²) in [5, 5.41) is 4.82. The largest absolute Gasteiger partial charge is 0.345 e. The SMILES string of the molecule is C[C@H]1CCCC[C@@H]1NC(=O)C(=O)Nc1ccc(F)cc1F. The topological polar surface area (TPSA) is 58.2 Å². The number of hydrogen-bond donors (Lipinski definition) is 2. The molecule has 0 spiro atoms. The molecule has 2 N–H and O–H groups in total. The lowest BCUT2D eigenvalue weighted by molar-refractivity contribution is -0.137. The van der Waals surface area contributed by atoms with Crippen molar-refractivity contribution in [2.75, 3.05) is 5.32 Å². The van der Waals surface area contributed by atoms with Crippen LogP contribution in [-0.4, -0.2) is 17.9 Å². The highest BCUT2D eigenvalue weighted by Gasteiger charge is 2.25. The van der Waals surface area contributed by atoms with Crippen LogP contribution in [0.5, 0.6) is 0 Å². The number of hydrogen-bond acceptors (Lipinski definition) is 2. The Bertz CT molecular complexity index is 548. The Morgan fingerprint density at radius 3 is 2.52 bits per heavy atom. The fourth-order valence-corrected chi connectivity index (χ4v) is 2.53. The molecule has 0 aromatic heterocycles. The van der Waals surface area contributed by atoms with Gasteiger partial charge in [-0.2, -0.15) is 0 Å². The molecule has 2 atom stereocenters. The lowest BCUT2D eigenvalue weighted by atomic mass is 9.86. The first-order valence-electron chi connectivity index (χ1n) is 7.04. The number of carbonyl (C=O) groups is 2. The van der Waals surface area contributed by atoms with Crippen LogP contribution in [-0.2, 0) is 9.59 Å². The smallest absolute Gasteiger partial charge is 0.313 e. The van der Waals surface area contributed by atoms with Crippen molar-refractivity contribution in [3.63, 3.8) is 0 Å². The molecule has 2 rings (SSSR count). The number of carbonyl (C=O) groups excluding carboxylic acids is 2. The lowest BCUT2D eigenvalue weighted by Crippen LogP contribution is -2.45. The van der Waals surface area contributed by atoms with Crippen LogP contribution in [0.1, 0.15) is 32.6 Å². The molecule has 1 saturated carbocycles.